The van der Waals surface area contributed by atoms with Crippen molar-refractivity contribution in [3.63, 3.8) is 0 Å². The maximum atomic E-state index is 10.6. The minimum absolute atomic E-state index is 0.0779. The van der Waals surface area contributed by atoms with Gasteiger partial charge in [-0.2, -0.15) is 5.26 Å². The van der Waals surface area contributed by atoms with Crippen LogP contribution in [0.2, 0.25) is 15.1 Å². The van der Waals surface area contributed by atoms with E-state index in [9.17, 15) is 10.1 Å². The third-order valence-corrected chi connectivity index (χ3v) is 3.85. The van der Waals surface area contributed by atoms with E-state index in [4.69, 9.17) is 44.6 Å². The first-order valence-electron chi connectivity index (χ1n) is 6.62. The monoisotopic (exact) mass is 381 g/mol. The normalized spacial score (nSPS) is 11.0. The smallest absolute Gasteiger partial charge is 0.341 e. The summed E-state index contributed by atoms with van der Waals surface area (Å²) in [6, 6.07) is 12.1. The largest absolute Gasteiger partial charge is 0.479 e. The lowest BCUT2D eigenvalue weighted by atomic mass is 10.0. The molecule has 0 atom stereocenters. The molecule has 0 spiro atoms. The van der Waals surface area contributed by atoms with Crippen molar-refractivity contribution in [1.29, 1.82) is 5.26 Å². The first kappa shape index (κ1) is 18.2. The average Bonchev–Trinajstić information content (AvgIpc) is 2.52. The van der Waals surface area contributed by atoms with Crippen LogP contribution in [-0.2, 0) is 4.79 Å². The minimum Gasteiger partial charge on any atom is -0.479 e. The van der Waals surface area contributed by atoms with E-state index in [1.165, 1.54) is 12.1 Å². The highest BCUT2D eigenvalue weighted by molar-refractivity contribution is 6.37. The van der Waals surface area contributed by atoms with Gasteiger partial charge in [0.15, 0.2) is 12.4 Å². The molecule has 0 fully saturated rings. The van der Waals surface area contributed by atoms with Gasteiger partial charge in [0.1, 0.15) is 0 Å². The Labute approximate surface area is 153 Å². The van der Waals surface area contributed by atoms with E-state index in [-0.39, 0.29) is 15.8 Å². The molecule has 0 saturated heterocycles. The number of hydrogen-bond acceptors (Lipinski definition) is 3. The van der Waals surface area contributed by atoms with E-state index in [1.807, 2.05) is 0 Å². The molecule has 0 radical (unpaired) electrons. The van der Waals surface area contributed by atoms with Crippen molar-refractivity contribution < 1.29 is 14.6 Å². The number of ether oxygens (including phenoxy) is 1. The maximum Gasteiger partial charge on any atom is 0.341 e. The van der Waals surface area contributed by atoms with Crippen LogP contribution in [0.3, 0.4) is 0 Å². The van der Waals surface area contributed by atoms with Crippen LogP contribution in [0.1, 0.15) is 11.1 Å². The number of carbonyl (C=O) groups is 1. The van der Waals surface area contributed by atoms with E-state index in [1.54, 1.807) is 30.3 Å². The van der Waals surface area contributed by atoms with Gasteiger partial charge in [-0.25, -0.2) is 4.79 Å². The van der Waals surface area contributed by atoms with Crippen LogP contribution in [0.4, 0.5) is 0 Å². The lowest BCUT2D eigenvalue weighted by molar-refractivity contribution is -0.139. The Kier molecular flexibility index (Phi) is 6.10. The quantitative estimate of drug-likeness (QED) is 0.572. The SMILES string of the molecule is N#CC(=Cc1cc(Cl)c(OCC(=O)O)c(Cl)c1)c1ccccc1Cl. The molecule has 0 unspecified atom stereocenters. The van der Waals surface area contributed by atoms with Gasteiger partial charge in [-0.1, -0.05) is 53.0 Å². The Bertz CT molecular complexity index is 833. The minimum atomic E-state index is -1.14. The van der Waals surface area contributed by atoms with E-state index in [0.29, 0.717) is 21.7 Å². The summed E-state index contributed by atoms with van der Waals surface area (Å²) >= 11 is 18.3. The third kappa shape index (κ3) is 4.42. The topological polar surface area (TPSA) is 70.3 Å². The van der Waals surface area contributed by atoms with E-state index >= 15 is 0 Å². The summed E-state index contributed by atoms with van der Waals surface area (Å²) in [5.41, 5.74) is 1.48. The molecule has 0 aliphatic rings. The molecular formula is C17H10Cl3NO3. The van der Waals surface area contributed by atoms with Crippen molar-refractivity contribution in [2.75, 3.05) is 6.61 Å². The summed E-state index contributed by atoms with van der Waals surface area (Å²) in [5, 5.41) is 18.8. The highest BCUT2D eigenvalue weighted by atomic mass is 35.5. The molecule has 1 N–H and O–H groups in total. The number of aliphatic carboxylic acids is 1. The predicted octanol–water partition coefficient (Wildman–Crippen LogP) is 5.17. The van der Waals surface area contributed by atoms with Gasteiger partial charge in [0, 0.05) is 10.6 Å². The number of carboxylic acids is 1. The van der Waals surface area contributed by atoms with Crippen LogP contribution < -0.4 is 4.74 Å². The van der Waals surface area contributed by atoms with Gasteiger partial charge < -0.3 is 9.84 Å². The molecule has 24 heavy (non-hydrogen) atoms. The number of halogens is 3. The van der Waals surface area contributed by atoms with Crippen LogP contribution in [0.15, 0.2) is 36.4 Å². The molecule has 2 aromatic carbocycles. The van der Waals surface area contributed by atoms with Gasteiger partial charge >= 0.3 is 5.97 Å². The highest BCUT2D eigenvalue weighted by Gasteiger charge is 2.12. The zero-order chi connectivity index (χ0) is 17.7. The van der Waals surface area contributed by atoms with Crippen LogP contribution in [0, 0.1) is 11.3 Å². The Morgan fingerprint density at radius 3 is 2.33 bits per heavy atom. The van der Waals surface area contributed by atoms with Crippen molar-refractivity contribution in [2.24, 2.45) is 0 Å². The maximum absolute atomic E-state index is 10.6. The number of benzene rings is 2. The second kappa shape index (κ2) is 8.07. The third-order valence-electron chi connectivity index (χ3n) is 2.96. The van der Waals surface area contributed by atoms with Gasteiger partial charge in [-0.05, 0) is 29.8 Å². The summed E-state index contributed by atoms with van der Waals surface area (Å²) in [6.45, 7) is -0.558. The van der Waals surface area contributed by atoms with Gasteiger partial charge in [0.05, 0.1) is 21.7 Å². The summed E-state index contributed by atoms with van der Waals surface area (Å²) in [4.78, 5) is 10.6. The standard InChI is InChI=1S/C17H10Cl3NO3/c18-13-4-2-1-3-12(13)11(8-21)5-10-6-14(19)17(15(20)7-10)24-9-16(22)23/h1-7H,9H2,(H,22,23). The summed E-state index contributed by atoms with van der Waals surface area (Å²) < 4.78 is 5.05. The van der Waals surface area contributed by atoms with Crippen LogP contribution in [0.5, 0.6) is 5.75 Å². The predicted molar refractivity (Wildman–Crippen MR) is 94.5 cm³/mol. The fraction of sp³-hybridized carbons (Fsp3) is 0.0588. The van der Waals surface area contributed by atoms with Crippen molar-refractivity contribution in [1.82, 2.24) is 0 Å². The van der Waals surface area contributed by atoms with Gasteiger partial charge in [-0.15, -0.1) is 0 Å². The van der Waals surface area contributed by atoms with Gasteiger partial charge in [-0.3, -0.25) is 0 Å². The van der Waals surface area contributed by atoms with Crippen LogP contribution in [0.25, 0.3) is 11.6 Å². The number of carboxylic acid groups (broad SMARTS) is 1. The first-order valence-corrected chi connectivity index (χ1v) is 7.76. The number of nitrogens with zero attached hydrogens (tertiary/aromatic N) is 1. The molecule has 2 aromatic rings. The van der Waals surface area contributed by atoms with Crippen LogP contribution in [-0.4, -0.2) is 17.7 Å². The molecule has 0 aromatic heterocycles. The van der Waals surface area contributed by atoms with Crippen molar-refractivity contribution in [2.45, 2.75) is 0 Å². The van der Waals surface area contributed by atoms with E-state index in [2.05, 4.69) is 6.07 Å². The fourth-order valence-corrected chi connectivity index (χ4v) is 2.80. The van der Waals surface area contributed by atoms with Crippen molar-refractivity contribution in [3.05, 3.63) is 62.6 Å². The fourth-order valence-electron chi connectivity index (χ4n) is 1.95. The second-order valence-electron chi connectivity index (χ2n) is 4.65. The lowest BCUT2D eigenvalue weighted by Crippen LogP contribution is -2.10. The Morgan fingerprint density at radius 1 is 1.17 bits per heavy atom. The molecule has 0 amide bonds. The highest BCUT2D eigenvalue weighted by Crippen LogP contribution is 2.35. The summed E-state index contributed by atoms with van der Waals surface area (Å²) in [6.07, 6.45) is 1.58. The average molecular weight is 383 g/mol. The zero-order valence-electron chi connectivity index (χ0n) is 12.1. The van der Waals surface area contributed by atoms with Crippen molar-refractivity contribution >= 4 is 52.4 Å². The molecule has 0 aliphatic carbocycles. The first-order chi connectivity index (χ1) is 11.4. The van der Waals surface area contributed by atoms with Gasteiger partial charge in [0.25, 0.3) is 0 Å². The van der Waals surface area contributed by atoms with Crippen LogP contribution >= 0.6 is 34.8 Å². The van der Waals surface area contributed by atoms with E-state index < -0.39 is 12.6 Å². The molecule has 122 valence electrons. The second-order valence-corrected chi connectivity index (χ2v) is 5.87. The Morgan fingerprint density at radius 2 is 1.79 bits per heavy atom. The number of allylic oxidation sites excluding steroid dienone is 1. The van der Waals surface area contributed by atoms with E-state index in [0.717, 1.165) is 0 Å². The molecule has 2 rings (SSSR count). The molecule has 7 heteroatoms. The number of rotatable bonds is 5. The molecule has 0 heterocycles. The molecular weight excluding hydrogens is 373 g/mol. The van der Waals surface area contributed by atoms with Gasteiger partial charge in [0.2, 0.25) is 0 Å². The Hall–Kier alpha value is -2.19. The Balaban J connectivity index is 2.40. The molecule has 4 nitrogen and oxygen atoms in total. The molecule has 0 aliphatic heterocycles. The number of nitriles is 1. The number of hydrogen-bond donors (Lipinski definition) is 1. The zero-order valence-corrected chi connectivity index (χ0v) is 14.4. The summed E-state index contributed by atoms with van der Waals surface area (Å²) in [5.74, 6) is -1.06. The molecule has 0 bridgehead atoms. The molecule has 0 saturated carbocycles. The van der Waals surface area contributed by atoms with Crippen molar-refractivity contribution in [3.8, 4) is 11.8 Å². The lowest BCUT2D eigenvalue weighted by Gasteiger charge is -2.09. The summed E-state index contributed by atoms with van der Waals surface area (Å²) in [7, 11) is 0.